The Bertz CT molecular complexity index is 390. The van der Waals surface area contributed by atoms with Gasteiger partial charge in [0, 0.05) is 0 Å². The van der Waals surface area contributed by atoms with Crippen LogP contribution < -0.4 is 0 Å². The molecule has 5 heteroatoms. The Morgan fingerprint density at radius 1 is 1.57 bits per heavy atom. The molecule has 0 aliphatic rings. The van der Waals surface area contributed by atoms with Gasteiger partial charge in [0.15, 0.2) is 6.29 Å². The summed E-state index contributed by atoms with van der Waals surface area (Å²) in [7, 11) is 1.12. The minimum Gasteiger partial charge on any atom is -0.465 e. The van der Waals surface area contributed by atoms with Gasteiger partial charge in [0.1, 0.15) is 5.82 Å². The lowest BCUT2D eigenvalue weighted by Gasteiger charge is -2.05. The van der Waals surface area contributed by atoms with E-state index >= 15 is 0 Å². The largest absolute Gasteiger partial charge is 0.465 e. The minimum atomic E-state index is -0.836. The molecule has 0 aromatic heterocycles. The maximum atomic E-state index is 13.0. The number of hydrogen-bond donors (Lipinski definition) is 0. The van der Waals surface area contributed by atoms with Crippen LogP contribution in [0.5, 0.6) is 0 Å². The van der Waals surface area contributed by atoms with Crippen molar-refractivity contribution in [3.05, 3.63) is 34.1 Å². The molecule has 0 heterocycles. The molecule has 74 valence electrons. The van der Waals surface area contributed by atoms with Crippen molar-refractivity contribution in [3.63, 3.8) is 0 Å². The van der Waals surface area contributed by atoms with Crippen LogP contribution in [0.3, 0.4) is 0 Å². The van der Waals surface area contributed by atoms with Crippen LogP contribution >= 0.6 is 11.6 Å². The van der Waals surface area contributed by atoms with E-state index in [0.717, 1.165) is 13.2 Å². The molecule has 0 bridgehead atoms. The molecule has 0 saturated carbocycles. The number of carbonyl (C=O) groups is 2. The predicted octanol–water partition coefficient (Wildman–Crippen LogP) is 2.08. The van der Waals surface area contributed by atoms with Crippen molar-refractivity contribution in [2.75, 3.05) is 7.11 Å². The molecular weight excluding hydrogens is 211 g/mol. The first-order valence-electron chi connectivity index (χ1n) is 3.63. The third kappa shape index (κ3) is 1.75. The number of carbonyl (C=O) groups excluding carboxylic acids is 2. The molecule has 0 radical (unpaired) electrons. The molecule has 14 heavy (non-hydrogen) atoms. The van der Waals surface area contributed by atoms with Crippen molar-refractivity contribution in [1.29, 1.82) is 0 Å². The molecule has 3 nitrogen and oxygen atoms in total. The summed E-state index contributed by atoms with van der Waals surface area (Å²) in [6, 6.07) is 2.20. The Labute approximate surface area is 84.4 Å². The van der Waals surface area contributed by atoms with Gasteiger partial charge in [-0.2, -0.15) is 0 Å². The predicted molar refractivity (Wildman–Crippen MR) is 48.1 cm³/mol. The molecule has 1 aromatic rings. The summed E-state index contributed by atoms with van der Waals surface area (Å²) < 4.78 is 17.4. The van der Waals surface area contributed by atoms with Crippen molar-refractivity contribution in [2.24, 2.45) is 0 Å². The van der Waals surface area contributed by atoms with Gasteiger partial charge in [0.25, 0.3) is 0 Å². The van der Waals surface area contributed by atoms with Gasteiger partial charge < -0.3 is 4.74 Å². The molecule has 1 rings (SSSR count). The van der Waals surface area contributed by atoms with Crippen LogP contribution in [0.1, 0.15) is 20.7 Å². The summed E-state index contributed by atoms with van der Waals surface area (Å²) in [5, 5.41) is -0.0136. The summed E-state index contributed by atoms with van der Waals surface area (Å²) in [5.41, 5.74) is -0.631. The lowest BCUT2D eigenvalue weighted by Crippen LogP contribution is -2.08. The zero-order chi connectivity index (χ0) is 10.7. The fraction of sp³-hybridized carbons (Fsp3) is 0.111. The van der Waals surface area contributed by atoms with Gasteiger partial charge in [-0.05, 0) is 12.1 Å². The van der Waals surface area contributed by atoms with Crippen LogP contribution in [-0.4, -0.2) is 19.4 Å². The number of esters is 1. The van der Waals surface area contributed by atoms with E-state index in [1.165, 1.54) is 6.07 Å². The average molecular weight is 217 g/mol. The topological polar surface area (TPSA) is 43.4 Å². The number of benzene rings is 1. The number of rotatable bonds is 2. The van der Waals surface area contributed by atoms with Crippen molar-refractivity contribution in [3.8, 4) is 0 Å². The van der Waals surface area contributed by atoms with Gasteiger partial charge in [0.2, 0.25) is 0 Å². The Balaban J connectivity index is 3.44. The maximum Gasteiger partial charge on any atom is 0.340 e. The second-order valence-electron chi connectivity index (χ2n) is 2.43. The average Bonchev–Trinajstić information content (AvgIpc) is 2.19. The van der Waals surface area contributed by atoms with Gasteiger partial charge in [-0.15, -0.1) is 0 Å². The van der Waals surface area contributed by atoms with Gasteiger partial charge in [-0.25, -0.2) is 9.18 Å². The number of aldehydes is 1. The Morgan fingerprint density at radius 3 is 2.71 bits per heavy atom. The fourth-order valence-corrected chi connectivity index (χ4v) is 1.23. The molecule has 1 aromatic carbocycles. The molecule has 0 spiro atoms. The van der Waals surface area contributed by atoms with E-state index in [2.05, 4.69) is 4.74 Å². The standard InChI is InChI=1S/C9H6ClFO3/c1-14-9(13)8-5(4-12)7(11)3-2-6(8)10/h2-4H,1H3. The Morgan fingerprint density at radius 2 is 2.21 bits per heavy atom. The third-order valence-electron chi connectivity index (χ3n) is 1.65. The van der Waals surface area contributed by atoms with Gasteiger partial charge in [-0.1, -0.05) is 11.6 Å². The van der Waals surface area contributed by atoms with Gasteiger partial charge in [0.05, 0.1) is 23.3 Å². The SMILES string of the molecule is COC(=O)c1c(Cl)ccc(F)c1C=O. The maximum absolute atomic E-state index is 13.0. The fourth-order valence-electron chi connectivity index (χ4n) is 0.992. The van der Waals surface area contributed by atoms with Crippen molar-refractivity contribution >= 4 is 23.9 Å². The number of ether oxygens (including phenoxy) is 1. The van der Waals surface area contributed by atoms with Crippen molar-refractivity contribution in [1.82, 2.24) is 0 Å². The highest BCUT2D eigenvalue weighted by atomic mass is 35.5. The monoisotopic (exact) mass is 216 g/mol. The Hall–Kier alpha value is -1.42. The highest BCUT2D eigenvalue weighted by molar-refractivity contribution is 6.34. The quantitative estimate of drug-likeness (QED) is 0.562. The molecule has 0 atom stereocenters. The van der Waals surface area contributed by atoms with Crippen molar-refractivity contribution in [2.45, 2.75) is 0 Å². The zero-order valence-corrected chi connectivity index (χ0v) is 7.97. The molecule has 0 amide bonds. The molecule has 0 N–H and O–H groups in total. The summed E-state index contributed by atoms with van der Waals surface area (Å²) in [6.07, 6.45) is 0.230. The summed E-state index contributed by atoms with van der Waals surface area (Å²) in [6.45, 7) is 0. The molecule has 0 saturated heterocycles. The second kappa shape index (κ2) is 4.19. The summed E-state index contributed by atoms with van der Waals surface area (Å²) in [5.74, 6) is -1.64. The van der Waals surface area contributed by atoms with E-state index in [-0.39, 0.29) is 22.4 Å². The third-order valence-corrected chi connectivity index (χ3v) is 1.96. The van der Waals surface area contributed by atoms with Gasteiger partial charge in [-0.3, -0.25) is 4.79 Å². The van der Waals surface area contributed by atoms with Crippen LogP contribution in [0, 0.1) is 5.82 Å². The molecule has 0 aliphatic heterocycles. The van der Waals surface area contributed by atoms with Crippen LogP contribution in [-0.2, 0) is 4.74 Å². The van der Waals surface area contributed by atoms with E-state index in [9.17, 15) is 14.0 Å². The first kappa shape index (κ1) is 10.7. The summed E-state index contributed by atoms with van der Waals surface area (Å²) >= 11 is 5.63. The highest BCUT2D eigenvalue weighted by Gasteiger charge is 2.19. The number of halogens is 2. The van der Waals surface area contributed by atoms with Crippen LogP contribution in [0.2, 0.25) is 5.02 Å². The molecule has 0 fully saturated rings. The second-order valence-corrected chi connectivity index (χ2v) is 2.83. The van der Waals surface area contributed by atoms with E-state index in [1.807, 2.05) is 0 Å². The van der Waals surface area contributed by atoms with E-state index in [4.69, 9.17) is 11.6 Å². The zero-order valence-electron chi connectivity index (χ0n) is 7.21. The highest BCUT2D eigenvalue weighted by Crippen LogP contribution is 2.22. The van der Waals surface area contributed by atoms with Gasteiger partial charge >= 0.3 is 5.97 Å². The first-order valence-corrected chi connectivity index (χ1v) is 4.01. The van der Waals surface area contributed by atoms with Crippen LogP contribution in [0.4, 0.5) is 4.39 Å². The van der Waals surface area contributed by atoms with E-state index in [0.29, 0.717) is 0 Å². The number of methoxy groups -OCH3 is 1. The molecular formula is C9H6ClFO3. The van der Waals surface area contributed by atoms with Crippen molar-refractivity contribution < 1.29 is 18.7 Å². The van der Waals surface area contributed by atoms with E-state index in [1.54, 1.807) is 0 Å². The molecule has 0 unspecified atom stereocenters. The summed E-state index contributed by atoms with van der Waals surface area (Å²) in [4.78, 5) is 21.6. The van der Waals surface area contributed by atoms with Crippen LogP contribution in [0.25, 0.3) is 0 Å². The normalized spacial score (nSPS) is 9.64. The Kier molecular flexibility index (Phi) is 3.19. The first-order chi connectivity index (χ1) is 6.61. The smallest absolute Gasteiger partial charge is 0.340 e. The van der Waals surface area contributed by atoms with E-state index < -0.39 is 11.8 Å². The minimum absolute atomic E-state index is 0.0136. The molecule has 0 aliphatic carbocycles. The number of hydrogen-bond acceptors (Lipinski definition) is 3. The lowest BCUT2D eigenvalue weighted by atomic mass is 10.1. The lowest BCUT2D eigenvalue weighted by molar-refractivity contribution is 0.0598. The van der Waals surface area contributed by atoms with Crippen LogP contribution in [0.15, 0.2) is 12.1 Å².